The van der Waals surface area contributed by atoms with Gasteiger partial charge in [-0.25, -0.2) is 0 Å². The molecule has 0 aliphatic rings. The molecule has 0 spiro atoms. The smallest absolute Gasteiger partial charge is 0.206 e. The van der Waals surface area contributed by atoms with Crippen LogP contribution in [0.3, 0.4) is 0 Å². The molecule has 0 saturated carbocycles. The average Bonchev–Trinajstić information content (AvgIpc) is 3.13. The molecular weight excluding hydrogens is 304 g/mol. The highest BCUT2D eigenvalue weighted by Crippen LogP contribution is 2.28. The van der Waals surface area contributed by atoms with Crippen LogP contribution in [0.15, 0.2) is 45.3 Å². The van der Waals surface area contributed by atoms with Gasteiger partial charge in [-0.3, -0.25) is 0 Å². The number of aryl methyl sites for hydroxylation is 1. The summed E-state index contributed by atoms with van der Waals surface area (Å²) in [5.74, 6) is 1.57. The first-order valence-corrected chi connectivity index (χ1v) is 8.26. The summed E-state index contributed by atoms with van der Waals surface area (Å²) in [5.41, 5.74) is 2.12. The molecule has 0 bridgehead atoms. The summed E-state index contributed by atoms with van der Waals surface area (Å²) in [6.07, 6.45) is 0. The molecule has 0 radical (unpaired) electrons. The maximum absolute atomic E-state index is 5.17. The van der Waals surface area contributed by atoms with Crippen molar-refractivity contribution >= 4 is 28.2 Å². The van der Waals surface area contributed by atoms with Crippen molar-refractivity contribution in [2.75, 3.05) is 5.32 Å². The molecule has 3 aromatic rings. The third-order valence-corrected chi connectivity index (χ3v) is 4.74. The maximum atomic E-state index is 5.17. The van der Waals surface area contributed by atoms with Crippen molar-refractivity contribution in [2.24, 2.45) is 0 Å². The molecule has 0 amide bonds. The SMILES string of the molecule is Cc1cc(CSc2nnc(NCc3ccccc3)s2)on1. The predicted molar refractivity (Wildman–Crippen MR) is 84.5 cm³/mol. The van der Waals surface area contributed by atoms with Gasteiger partial charge in [0, 0.05) is 12.6 Å². The summed E-state index contributed by atoms with van der Waals surface area (Å²) in [5, 5.41) is 16.3. The van der Waals surface area contributed by atoms with Gasteiger partial charge in [-0.1, -0.05) is 58.6 Å². The lowest BCUT2D eigenvalue weighted by atomic mass is 10.2. The van der Waals surface area contributed by atoms with Crippen molar-refractivity contribution < 1.29 is 4.52 Å². The number of rotatable bonds is 6. The third-order valence-electron chi connectivity index (χ3n) is 2.71. The van der Waals surface area contributed by atoms with E-state index >= 15 is 0 Å². The van der Waals surface area contributed by atoms with Crippen LogP contribution in [-0.4, -0.2) is 15.4 Å². The van der Waals surface area contributed by atoms with Gasteiger partial charge in [-0.05, 0) is 12.5 Å². The highest BCUT2D eigenvalue weighted by atomic mass is 32.2. The first kappa shape index (κ1) is 14.1. The highest BCUT2D eigenvalue weighted by Gasteiger charge is 2.07. The van der Waals surface area contributed by atoms with Crippen molar-refractivity contribution in [3.05, 3.63) is 53.4 Å². The molecule has 3 rings (SSSR count). The van der Waals surface area contributed by atoms with Gasteiger partial charge in [0.1, 0.15) is 5.76 Å². The average molecular weight is 318 g/mol. The van der Waals surface area contributed by atoms with Gasteiger partial charge in [0.05, 0.1) is 11.4 Å². The molecule has 0 saturated heterocycles. The van der Waals surface area contributed by atoms with Crippen molar-refractivity contribution in [3.63, 3.8) is 0 Å². The second-order valence-electron chi connectivity index (χ2n) is 4.44. The van der Waals surface area contributed by atoms with Crippen molar-refractivity contribution in [3.8, 4) is 0 Å². The predicted octanol–water partition coefficient (Wildman–Crippen LogP) is 3.74. The minimum absolute atomic E-state index is 0.716. The van der Waals surface area contributed by atoms with Crippen LogP contribution in [-0.2, 0) is 12.3 Å². The molecule has 0 aliphatic carbocycles. The van der Waals surface area contributed by atoms with E-state index in [4.69, 9.17) is 4.52 Å². The van der Waals surface area contributed by atoms with Crippen LogP contribution in [0.2, 0.25) is 0 Å². The van der Waals surface area contributed by atoms with E-state index in [1.54, 1.807) is 23.1 Å². The molecule has 108 valence electrons. The zero-order valence-electron chi connectivity index (χ0n) is 11.4. The fraction of sp³-hybridized carbons (Fsp3) is 0.214. The van der Waals surface area contributed by atoms with Gasteiger partial charge in [-0.2, -0.15) is 0 Å². The van der Waals surface area contributed by atoms with E-state index < -0.39 is 0 Å². The van der Waals surface area contributed by atoms with Crippen LogP contribution in [0.25, 0.3) is 0 Å². The first-order chi connectivity index (χ1) is 10.3. The molecule has 2 heterocycles. The summed E-state index contributed by atoms with van der Waals surface area (Å²) in [6.45, 7) is 2.66. The molecule has 0 aliphatic heterocycles. The van der Waals surface area contributed by atoms with Crippen LogP contribution in [0.4, 0.5) is 5.13 Å². The molecule has 1 aromatic carbocycles. The molecule has 7 heteroatoms. The van der Waals surface area contributed by atoms with Gasteiger partial charge in [-0.15, -0.1) is 10.2 Å². The Bertz CT molecular complexity index is 696. The van der Waals surface area contributed by atoms with Crippen LogP contribution in [0, 0.1) is 6.92 Å². The van der Waals surface area contributed by atoms with E-state index in [0.29, 0.717) is 5.75 Å². The number of nitrogens with zero attached hydrogens (tertiary/aromatic N) is 3. The minimum Gasteiger partial charge on any atom is -0.360 e. The number of benzene rings is 1. The Kier molecular flexibility index (Phi) is 4.52. The molecule has 1 N–H and O–H groups in total. The maximum Gasteiger partial charge on any atom is 0.206 e. The zero-order valence-corrected chi connectivity index (χ0v) is 13.1. The number of hydrogen-bond acceptors (Lipinski definition) is 7. The van der Waals surface area contributed by atoms with E-state index in [2.05, 4.69) is 32.8 Å². The Morgan fingerprint density at radius 2 is 2.10 bits per heavy atom. The van der Waals surface area contributed by atoms with E-state index in [1.807, 2.05) is 31.2 Å². The Hall–Kier alpha value is -1.86. The van der Waals surface area contributed by atoms with Gasteiger partial charge in [0.2, 0.25) is 5.13 Å². The van der Waals surface area contributed by atoms with Crippen molar-refractivity contribution in [1.29, 1.82) is 0 Å². The minimum atomic E-state index is 0.716. The second-order valence-corrected chi connectivity index (χ2v) is 6.64. The molecule has 21 heavy (non-hydrogen) atoms. The summed E-state index contributed by atoms with van der Waals surface area (Å²) in [7, 11) is 0. The topological polar surface area (TPSA) is 63.8 Å². The molecule has 0 unspecified atom stereocenters. The lowest BCUT2D eigenvalue weighted by molar-refractivity contribution is 0.391. The van der Waals surface area contributed by atoms with E-state index in [-0.39, 0.29) is 0 Å². The van der Waals surface area contributed by atoms with E-state index in [1.165, 1.54) is 5.56 Å². The Labute approximate surface area is 130 Å². The fourth-order valence-corrected chi connectivity index (χ4v) is 3.35. The van der Waals surface area contributed by atoms with Gasteiger partial charge in [0.25, 0.3) is 0 Å². The molecule has 2 aromatic heterocycles. The van der Waals surface area contributed by atoms with Crippen LogP contribution in [0.5, 0.6) is 0 Å². The van der Waals surface area contributed by atoms with E-state index in [0.717, 1.165) is 27.5 Å². The second kappa shape index (κ2) is 6.73. The third kappa shape index (κ3) is 4.05. The number of aromatic nitrogens is 3. The number of anilines is 1. The number of nitrogens with one attached hydrogen (secondary N) is 1. The molecule has 0 atom stereocenters. The zero-order chi connectivity index (χ0) is 14.5. The molecule has 5 nitrogen and oxygen atoms in total. The monoisotopic (exact) mass is 318 g/mol. The number of hydrogen-bond donors (Lipinski definition) is 1. The van der Waals surface area contributed by atoms with Gasteiger partial charge in [0.15, 0.2) is 4.34 Å². The Morgan fingerprint density at radius 3 is 2.86 bits per heavy atom. The van der Waals surface area contributed by atoms with E-state index in [9.17, 15) is 0 Å². The quantitative estimate of drug-likeness (QED) is 0.699. The van der Waals surface area contributed by atoms with Crippen LogP contribution < -0.4 is 5.32 Å². The van der Waals surface area contributed by atoms with Crippen LogP contribution >= 0.6 is 23.1 Å². The Balaban J connectivity index is 1.51. The summed E-state index contributed by atoms with van der Waals surface area (Å²) < 4.78 is 6.08. The summed E-state index contributed by atoms with van der Waals surface area (Å²) in [6, 6.07) is 12.2. The largest absolute Gasteiger partial charge is 0.360 e. The lowest BCUT2D eigenvalue weighted by Gasteiger charge is -2.00. The molecule has 0 fully saturated rings. The Morgan fingerprint density at radius 1 is 1.24 bits per heavy atom. The normalized spacial score (nSPS) is 10.7. The molecular formula is C14H14N4OS2. The summed E-state index contributed by atoms with van der Waals surface area (Å²) >= 11 is 3.15. The summed E-state index contributed by atoms with van der Waals surface area (Å²) in [4.78, 5) is 0. The standard InChI is InChI=1S/C14H14N4OS2/c1-10-7-12(19-18-10)9-20-14-17-16-13(21-14)15-8-11-5-3-2-4-6-11/h2-7H,8-9H2,1H3,(H,15,16). The van der Waals surface area contributed by atoms with Gasteiger partial charge < -0.3 is 9.84 Å². The lowest BCUT2D eigenvalue weighted by Crippen LogP contribution is -1.98. The fourth-order valence-electron chi connectivity index (χ4n) is 1.73. The number of thioether (sulfide) groups is 1. The first-order valence-electron chi connectivity index (χ1n) is 6.46. The van der Waals surface area contributed by atoms with Crippen molar-refractivity contribution in [1.82, 2.24) is 15.4 Å². The van der Waals surface area contributed by atoms with Crippen molar-refractivity contribution in [2.45, 2.75) is 23.6 Å². The van der Waals surface area contributed by atoms with Crippen LogP contribution in [0.1, 0.15) is 17.0 Å². The van der Waals surface area contributed by atoms with Gasteiger partial charge >= 0.3 is 0 Å². The highest BCUT2D eigenvalue weighted by molar-refractivity contribution is 8.00.